The van der Waals surface area contributed by atoms with Crippen molar-refractivity contribution < 1.29 is 19.5 Å². The van der Waals surface area contributed by atoms with E-state index in [-0.39, 0.29) is 31.0 Å². The number of β-amino-alcohol motifs (C(OH)–C–C–N with tert-alkyl or cyclic N) is 1. The Kier molecular flexibility index (Phi) is 7.69. The van der Waals surface area contributed by atoms with Crippen molar-refractivity contribution in [1.29, 1.82) is 0 Å². The first-order valence-electron chi connectivity index (χ1n) is 13.0. The molecule has 1 saturated heterocycles. The van der Waals surface area contributed by atoms with E-state index in [9.17, 15) is 19.5 Å². The van der Waals surface area contributed by atoms with E-state index < -0.39 is 30.0 Å². The molecule has 0 aliphatic carbocycles. The minimum Gasteiger partial charge on any atom is -0.391 e. The molecular weight excluding hydrogens is 494 g/mol. The zero-order chi connectivity index (χ0) is 27.4. The fourth-order valence-corrected chi connectivity index (χ4v) is 5.07. The number of likely N-dealkylation sites (tertiary alicyclic amines) is 1. The van der Waals surface area contributed by atoms with Crippen LogP contribution in [0.25, 0.3) is 10.9 Å². The second kappa shape index (κ2) is 11.5. The van der Waals surface area contributed by atoms with E-state index in [4.69, 9.17) is 0 Å². The normalized spacial score (nSPS) is 17.6. The van der Waals surface area contributed by atoms with Crippen LogP contribution in [-0.2, 0) is 22.6 Å². The first kappa shape index (κ1) is 26.1. The number of nitrogens with zero attached hydrogens (tertiary/aromatic N) is 3. The molecule has 1 aliphatic heterocycles. The highest BCUT2D eigenvalue weighted by Gasteiger charge is 2.41. The zero-order valence-electron chi connectivity index (χ0n) is 21.7. The number of aromatic amines is 1. The van der Waals surface area contributed by atoms with Gasteiger partial charge >= 0.3 is 0 Å². The quantitative estimate of drug-likeness (QED) is 0.327. The number of hydrogen-bond acceptors (Lipinski definition) is 5. The van der Waals surface area contributed by atoms with Crippen LogP contribution in [0.3, 0.4) is 0 Å². The zero-order valence-corrected chi connectivity index (χ0v) is 21.7. The highest BCUT2D eigenvalue weighted by Crippen LogP contribution is 2.24. The van der Waals surface area contributed by atoms with Crippen molar-refractivity contribution in [1.82, 2.24) is 25.3 Å². The molecule has 200 valence electrons. The molecule has 1 aliphatic rings. The standard InChI is InChI=1S/C30H31N5O4/c1-34(18-21-12-6-3-7-13-21)29(38)25(16-20-10-4-2-5-11-20)31-28(37)26-17-22(36)19-35(26)30(39)27-23-14-8-9-15-24(23)32-33-27/h2-15,22,25-26,36H,16-19H2,1H3,(H,31,37)(H,32,33)/t22?,25?,26-/m0/s1. The summed E-state index contributed by atoms with van der Waals surface area (Å²) in [5, 5.41) is 21.0. The highest BCUT2D eigenvalue weighted by atomic mass is 16.3. The molecule has 0 spiro atoms. The van der Waals surface area contributed by atoms with Gasteiger partial charge in [-0.3, -0.25) is 19.5 Å². The summed E-state index contributed by atoms with van der Waals surface area (Å²) in [6.07, 6.45) is -0.497. The summed E-state index contributed by atoms with van der Waals surface area (Å²) in [5.74, 6) is -1.18. The lowest BCUT2D eigenvalue weighted by Gasteiger charge is -2.28. The van der Waals surface area contributed by atoms with Gasteiger partial charge in [-0.25, -0.2) is 0 Å². The van der Waals surface area contributed by atoms with Crippen molar-refractivity contribution in [2.75, 3.05) is 13.6 Å². The lowest BCUT2D eigenvalue weighted by Crippen LogP contribution is -2.54. The predicted octanol–water partition coefficient (Wildman–Crippen LogP) is 2.52. The Morgan fingerprint density at radius 3 is 2.36 bits per heavy atom. The molecule has 0 bridgehead atoms. The predicted molar refractivity (Wildman–Crippen MR) is 147 cm³/mol. The Bertz CT molecular complexity index is 1460. The molecule has 2 unspecified atom stereocenters. The number of rotatable bonds is 8. The minimum atomic E-state index is -0.937. The number of aromatic nitrogens is 2. The Hall–Kier alpha value is -4.50. The van der Waals surface area contributed by atoms with Crippen LogP contribution in [0.5, 0.6) is 0 Å². The highest BCUT2D eigenvalue weighted by molar-refractivity contribution is 6.06. The average molecular weight is 526 g/mol. The minimum absolute atomic E-state index is 0.00329. The van der Waals surface area contributed by atoms with Gasteiger partial charge in [0.05, 0.1) is 11.6 Å². The van der Waals surface area contributed by atoms with Gasteiger partial charge in [0, 0.05) is 38.4 Å². The van der Waals surface area contributed by atoms with Gasteiger partial charge in [-0.05, 0) is 17.2 Å². The van der Waals surface area contributed by atoms with E-state index in [1.165, 1.54) is 4.90 Å². The molecule has 3 atom stereocenters. The number of aliphatic hydroxyl groups excluding tert-OH is 1. The first-order chi connectivity index (χ1) is 18.9. The van der Waals surface area contributed by atoms with Gasteiger partial charge in [-0.1, -0.05) is 78.9 Å². The van der Waals surface area contributed by atoms with Crippen LogP contribution in [0.2, 0.25) is 0 Å². The Morgan fingerprint density at radius 2 is 1.64 bits per heavy atom. The molecule has 0 saturated carbocycles. The smallest absolute Gasteiger partial charge is 0.275 e. The van der Waals surface area contributed by atoms with Gasteiger partial charge in [0.1, 0.15) is 12.1 Å². The van der Waals surface area contributed by atoms with Crippen molar-refractivity contribution in [3.8, 4) is 0 Å². The van der Waals surface area contributed by atoms with Gasteiger partial charge < -0.3 is 20.2 Å². The summed E-state index contributed by atoms with van der Waals surface area (Å²) in [6.45, 7) is 0.392. The van der Waals surface area contributed by atoms with Gasteiger partial charge in [0.25, 0.3) is 5.91 Å². The van der Waals surface area contributed by atoms with Crippen LogP contribution in [0, 0.1) is 0 Å². The van der Waals surface area contributed by atoms with E-state index >= 15 is 0 Å². The van der Waals surface area contributed by atoms with E-state index in [0.29, 0.717) is 17.4 Å². The van der Waals surface area contributed by atoms with Gasteiger partial charge in [0.15, 0.2) is 5.69 Å². The fourth-order valence-electron chi connectivity index (χ4n) is 5.07. The summed E-state index contributed by atoms with van der Waals surface area (Å²) < 4.78 is 0. The maximum absolute atomic E-state index is 13.6. The third-order valence-electron chi connectivity index (χ3n) is 7.05. The summed E-state index contributed by atoms with van der Waals surface area (Å²) >= 11 is 0. The number of amides is 3. The molecule has 3 amide bonds. The molecule has 3 N–H and O–H groups in total. The number of H-pyrrole nitrogens is 1. The number of carbonyl (C=O) groups excluding carboxylic acids is 3. The second-order valence-electron chi connectivity index (χ2n) is 9.91. The fraction of sp³-hybridized carbons (Fsp3) is 0.267. The number of likely N-dealkylation sites (N-methyl/N-ethyl adjacent to an activating group) is 1. The topological polar surface area (TPSA) is 119 Å². The number of fused-ring (bicyclic) bond motifs is 1. The lowest BCUT2D eigenvalue weighted by atomic mass is 10.0. The second-order valence-corrected chi connectivity index (χ2v) is 9.91. The van der Waals surface area contributed by atoms with Crippen molar-refractivity contribution in [2.45, 2.75) is 37.6 Å². The molecule has 0 radical (unpaired) electrons. The van der Waals surface area contributed by atoms with E-state index in [1.54, 1.807) is 18.0 Å². The number of para-hydroxylation sites is 1. The van der Waals surface area contributed by atoms with E-state index in [0.717, 1.165) is 11.1 Å². The largest absolute Gasteiger partial charge is 0.391 e. The third-order valence-corrected chi connectivity index (χ3v) is 7.05. The number of carbonyl (C=O) groups is 3. The average Bonchev–Trinajstić information content (AvgIpc) is 3.57. The number of aliphatic hydroxyl groups is 1. The SMILES string of the molecule is CN(Cc1ccccc1)C(=O)C(Cc1ccccc1)NC(=O)[C@@H]1CC(O)CN1C(=O)c1n[nH]c2ccccc12. The summed E-state index contributed by atoms with van der Waals surface area (Å²) in [4.78, 5) is 43.6. The van der Waals surface area contributed by atoms with Crippen LogP contribution in [0.15, 0.2) is 84.9 Å². The summed E-state index contributed by atoms with van der Waals surface area (Å²) in [7, 11) is 1.71. The van der Waals surface area contributed by atoms with Crippen LogP contribution in [-0.4, -0.2) is 74.6 Å². The van der Waals surface area contributed by atoms with Gasteiger partial charge in [-0.15, -0.1) is 0 Å². The van der Waals surface area contributed by atoms with Gasteiger partial charge in [-0.2, -0.15) is 5.10 Å². The van der Waals surface area contributed by atoms with Crippen LogP contribution >= 0.6 is 0 Å². The third kappa shape index (κ3) is 5.83. The molecule has 4 aromatic rings. The summed E-state index contributed by atoms with van der Waals surface area (Å²) in [5.41, 5.74) is 2.76. The molecule has 5 rings (SSSR count). The van der Waals surface area contributed by atoms with Crippen molar-refractivity contribution in [2.24, 2.45) is 0 Å². The first-order valence-corrected chi connectivity index (χ1v) is 13.0. The van der Waals surface area contributed by atoms with Crippen LogP contribution in [0.4, 0.5) is 0 Å². The molecule has 9 nitrogen and oxygen atoms in total. The molecule has 3 aromatic carbocycles. The molecule has 1 fully saturated rings. The molecule has 39 heavy (non-hydrogen) atoms. The molecule has 1 aromatic heterocycles. The van der Waals surface area contributed by atoms with Crippen LogP contribution in [0.1, 0.15) is 28.0 Å². The number of hydrogen-bond donors (Lipinski definition) is 3. The van der Waals surface area contributed by atoms with E-state index in [1.807, 2.05) is 78.9 Å². The Balaban J connectivity index is 1.36. The maximum Gasteiger partial charge on any atom is 0.275 e. The van der Waals surface area contributed by atoms with E-state index in [2.05, 4.69) is 15.5 Å². The monoisotopic (exact) mass is 525 g/mol. The Morgan fingerprint density at radius 1 is 1.00 bits per heavy atom. The number of nitrogens with one attached hydrogen (secondary N) is 2. The van der Waals surface area contributed by atoms with Gasteiger partial charge in [0.2, 0.25) is 11.8 Å². The maximum atomic E-state index is 13.6. The van der Waals surface area contributed by atoms with Crippen LogP contribution < -0.4 is 5.32 Å². The lowest BCUT2D eigenvalue weighted by molar-refractivity contribution is -0.136. The molecule has 9 heteroatoms. The van der Waals surface area contributed by atoms with Crippen molar-refractivity contribution in [3.05, 3.63) is 102 Å². The number of benzene rings is 3. The van der Waals surface area contributed by atoms with Crippen molar-refractivity contribution >= 4 is 28.6 Å². The Labute approximate surface area is 226 Å². The molecule has 2 heterocycles. The summed E-state index contributed by atoms with van der Waals surface area (Å²) in [6, 6.07) is 24.5. The molecular formula is C30H31N5O4. The van der Waals surface area contributed by atoms with Crippen molar-refractivity contribution in [3.63, 3.8) is 0 Å².